The Morgan fingerprint density at radius 3 is 2.42 bits per heavy atom. The summed E-state index contributed by atoms with van der Waals surface area (Å²) in [6, 6.07) is 0. The first-order valence-electron chi connectivity index (χ1n) is 8.49. The van der Waals surface area contributed by atoms with Gasteiger partial charge in [0, 0.05) is 17.8 Å². The van der Waals surface area contributed by atoms with Gasteiger partial charge < -0.3 is 15.1 Å². The average molecular weight is 355 g/mol. The molecule has 6 nitrogen and oxygen atoms in total. The van der Waals surface area contributed by atoms with Gasteiger partial charge in [0.25, 0.3) is 0 Å². The monoisotopic (exact) mass is 354 g/mol. The summed E-state index contributed by atoms with van der Waals surface area (Å²) in [4.78, 5) is 33.8. The predicted octanol–water partition coefficient (Wildman–Crippen LogP) is 2.67. The van der Waals surface area contributed by atoms with E-state index in [9.17, 15) is 9.59 Å². The number of nitrogens with zero attached hydrogens (tertiary/aromatic N) is 3. The second kappa shape index (κ2) is 10.4. The highest BCUT2D eigenvalue weighted by Crippen LogP contribution is 2.20. The molecule has 0 spiro atoms. The predicted molar refractivity (Wildman–Crippen MR) is 99.5 cm³/mol. The van der Waals surface area contributed by atoms with E-state index >= 15 is 0 Å². The normalized spacial score (nSPS) is 10.9. The van der Waals surface area contributed by atoms with Crippen molar-refractivity contribution < 1.29 is 9.59 Å². The van der Waals surface area contributed by atoms with Gasteiger partial charge in [-0.25, -0.2) is 4.98 Å². The Kier molecular flexibility index (Phi) is 8.92. The molecule has 1 aromatic rings. The van der Waals surface area contributed by atoms with Gasteiger partial charge in [0.15, 0.2) is 5.13 Å². The third kappa shape index (κ3) is 7.40. The first-order valence-corrected chi connectivity index (χ1v) is 9.31. The molecular weight excluding hydrogens is 324 g/mol. The smallest absolute Gasteiger partial charge is 0.245 e. The van der Waals surface area contributed by atoms with Gasteiger partial charge in [-0.3, -0.25) is 9.59 Å². The van der Waals surface area contributed by atoms with E-state index in [2.05, 4.69) is 22.1 Å². The second-order valence-corrected chi connectivity index (χ2v) is 7.49. The Labute approximate surface area is 149 Å². The minimum atomic E-state index is -0.182. The van der Waals surface area contributed by atoms with Crippen molar-refractivity contribution in [2.24, 2.45) is 0 Å². The summed E-state index contributed by atoms with van der Waals surface area (Å²) in [6.45, 7) is 7.54. The second-order valence-electron chi connectivity index (χ2n) is 6.28. The van der Waals surface area contributed by atoms with E-state index in [-0.39, 0.29) is 18.4 Å². The summed E-state index contributed by atoms with van der Waals surface area (Å²) in [7, 11) is 4.01. The molecule has 1 N–H and O–H groups in total. The molecule has 0 atom stereocenters. The van der Waals surface area contributed by atoms with E-state index in [0.29, 0.717) is 18.1 Å². The van der Waals surface area contributed by atoms with Crippen LogP contribution in [-0.2, 0) is 9.59 Å². The minimum absolute atomic E-state index is 0.0530. The summed E-state index contributed by atoms with van der Waals surface area (Å²) in [5, 5.41) is 3.41. The number of rotatable bonds is 10. The Morgan fingerprint density at radius 2 is 1.88 bits per heavy atom. The van der Waals surface area contributed by atoms with Gasteiger partial charge in [-0.05, 0) is 47.3 Å². The SMILES string of the molecule is CCCCC(=O)N(CCCN(C)C)CC(=O)Nc1nc(C)c(C)s1. The third-order valence-corrected chi connectivity index (χ3v) is 4.73. The number of nitrogens with one attached hydrogen (secondary N) is 1. The fourth-order valence-corrected chi connectivity index (χ4v) is 3.05. The largest absolute Gasteiger partial charge is 0.333 e. The van der Waals surface area contributed by atoms with Gasteiger partial charge in [0.05, 0.1) is 12.2 Å². The molecule has 7 heteroatoms. The van der Waals surface area contributed by atoms with Crippen molar-refractivity contribution in [3.8, 4) is 0 Å². The maximum atomic E-state index is 12.3. The van der Waals surface area contributed by atoms with Crippen molar-refractivity contribution in [3.63, 3.8) is 0 Å². The highest BCUT2D eigenvalue weighted by molar-refractivity contribution is 7.15. The first-order chi connectivity index (χ1) is 11.3. The van der Waals surface area contributed by atoms with Crippen LogP contribution in [0, 0.1) is 13.8 Å². The fourth-order valence-electron chi connectivity index (χ4n) is 2.21. The number of amides is 2. The molecule has 0 aliphatic heterocycles. The van der Waals surface area contributed by atoms with Crippen LogP contribution in [-0.4, -0.2) is 60.3 Å². The van der Waals surface area contributed by atoms with Crippen LogP contribution in [0.2, 0.25) is 0 Å². The number of anilines is 1. The van der Waals surface area contributed by atoms with Crippen LogP contribution in [0.15, 0.2) is 0 Å². The number of aromatic nitrogens is 1. The molecule has 0 bridgehead atoms. The van der Waals surface area contributed by atoms with E-state index in [1.807, 2.05) is 27.9 Å². The minimum Gasteiger partial charge on any atom is -0.333 e. The molecular formula is C17H30N4O2S. The average Bonchev–Trinajstić information content (AvgIpc) is 2.81. The number of hydrogen-bond donors (Lipinski definition) is 1. The van der Waals surface area contributed by atoms with Gasteiger partial charge in [0.2, 0.25) is 11.8 Å². The zero-order chi connectivity index (χ0) is 18.1. The maximum Gasteiger partial charge on any atom is 0.245 e. The van der Waals surface area contributed by atoms with Crippen molar-refractivity contribution in [2.45, 2.75) is 46.5 Å². The van der Waals surface area contributed by atoms with Crippen molar-refractivity contribution in [1.82, 2.24) is 14.8 Å². The number of thiazole rings is 1. The Hall–Kier alpha value is -1.47. The lowest BCUT2D eigenvalue weighted by molar-refractivity contribution is -0.134. The van der Waals surface area contributed by atoms with Gasteiger partial charge in [0.1, 0.15) is 0 Å². The standard InChI is InChI=1S/C17H30N4O2S/c1-6-7-9-16(23)21(11-8-10-20(4)5)12-15(22)19-17-18-13(2)14(3)24-17/h6-12H2,1-5H3,(H,18,19,22). The lowest BCUT2D eigenvalue weighted by atomic mass is 10.2. The molecule has 24 heavy (non-hydrogen) atoms. The molecule has 1 aromatic heterocycles. The zero-order valence-electron chi connectivity index (χ0n) is 15.5. The van der Waals surface area contributed by atoms with Crippen LogP contribution in [0.25, 0.3) is 0 Å². The van der Waals surface area contributed by atoms with E-state index in [0.717, 1.165) is 36.4 Å². The molecule has 1 heterocycles. The molecule has 2 amide bonds. The number of unbranched alkanes of at least 4 members (excludes halogenated alkanes) is 1. The van der Waals surface area contributed by atoms with Crippen LogP contribution >= 0.6 is 11.3 Å². The summed E-state index contributed by atoms with van der Waals surface area (Å²) in [5.74, 6) is -0.129. The highest BCUT2D eigenvalue weighted by atomic mass is 32.1. The van der Waals surface area contributed by atoms with Crippen molar-refractivity contribution in [1.29, 1.82) is 0 Å². The molecule has 0 saturated heterocycles. The quantitative estimate of drug-likeness (QED) is 0.701. The zero-order valence-corrected chi connectivity index (χ0v) is 16.3. The molecule has 136 valence electrons. The number of hydrogen-bond acceptors (Lipinski definition) is 5. The van der Waals surface area contributed by atoms with Crippen LogP contribution in [0.4, 0.5) is 5.13 Å². The van der Waals surface area contributed by atoms with Gasteiger partial charge in [-0.1, -0.05) is 13.3 Å². The van der Waals surface area contributed by atoms with Crippen molar-refractivity contribution in [2.75, 3.05) is 39.0 Å². The molecule has 0 fully saturated rings. The van der Waals surface area contributed by atoms with Crippen molar-refractivity contribution >= 4 is 28.3 Å². The first kappa shape index (κ1) is 20.6. The van der Waals surface area contributed by atoms with E-state index in [1.165, 1.54) is 11.3 Å². The lowest BCUT2D eigenvalue weighted by Crippen LogP contribution is -2.39. The number of carbonyl (C=O) groups excluding carboxylic acids is 2. The summed E-state index contributed by atoms with van der Waals surface area (Å²) in [5.41, 5.74) is 0.928. The van der Waals surface area contributed by atoms with Crippen molar-refractivity contribution in [3.05, 3.63) is 10.6 Å². The Balaban J connectivity index is 2.60. The Morgan fingerprint density at radius 1 is 1.17 bits per heavy atom. The Bertz CT molecular complexity index is 523. The number of aryl methyl sites for hydroxylation is 2. The molecule has 0 saturated carbocycles. The van der Waals surface area contributed by atoms with Gasteiger partial charge in [-0.2, -0.15) is 0 Å². The summed E-state index contributed by atoms with van der Waals surface area (Å²) in [6.07, 6.45) is 3.19. The van der Waals surface area contributed by atoms with E-state index < -0.39 is 0 Å². The van der Waals surface area contributed by atoms with E-state index in [1.54, 1.807) is 4.90 Å². The van der Waals surface area contributed by atoms with Crippen LogP contribution < -0.4 is 5.32 Å². The summed E-state index contributed by atoms with van der Waals surface area (Å²) < 4.78 is 0. The number of carbonyl (C=O) groups is 2. The van der Waals surface area contributed by atoms with E-state index in [4.69, 9.17) is 0 Å². The molecule has 0 radical (unpaired) electrons. The highest BCUT2D eigenvalue weighted by Gasteiger charge is 2.17. The van der Waals surface area contributed by atoms with Gasteiger partial charge in [-0.15, -0.1) is 11.3 Å². The van der Waals surface area contributed by atoms with Crippen LogP contribution in [0.3, 0.4) is 0 Å². The molecule has 0 aliphatic rings. The maximum absolute atomic E-state index is 12.3. The summed E-state index contributed by atoms with van der Waals surface area (Å²) >= 11 is 1.46. The third-order valence-electron chi connectivity index (χ3n) is 3.74. The van der Waals surface area contributed by atoms with Gasteiger partial charge >= 0.3 is 0 Å². The fraction of sp³-hybridized carbons (Fsp3) is 0.706. The molecule has 0 unspecified atom stereocenters. The molecule has 0 aliphatic carbocycles. The van der Waals surface area contributed by atoms with Crippen LogP contribution in [0.1, 0.15) is 43.2 Å². The topological polar surface area (TPSA) is 65.5 Å². The van der Waals surface area contributed by atoms with Crippen LogP contribution in [0.5, 0.6) is 0 Å². The molecule has 1 rings (SSSR count). The molecule has 0 aromatic carbocycles. The lowest BCUT2D eigenvalue weighted by Gasteiger charge is -2.23.